The van der Waals surface area contributed by atoms with Gasteiger partial charge in [0.25, 0.3) is 0 Å². The molecule has 0 radical (unpaired) electrons. The van der Waals surface area contributed by atoms with Crippen molar-refractivity contribution in [2.45, 2.75) is 18.7 Å². The molecule has 1 aromatic carbocycles. The second kappa shape index (κ2) is 6.86. The van der Waals surface area contributed by atoms with E-state index in [2.05, 4.69) is 0 Å². The lowest BCUT2D eigenvalue weighted by Gasteiger charge is -2.23. The van der Waals surface area contributed by atoms with E-state index in [4.69, 9.17) is 5.73 Å². The first-order valence-electron chi connectivity index (χ1n) is 6.52. The minimum Gasteiger partial charge on any atom is -0.399 e. The fourth-order valence-corrected chi connectivity index (χ4v) is 3.05. The Morgan fingerprint density at radius 2 is 1.81 bits per heavy atom. The summed E-state index contributed by atoms with van der Waals surface area (Å²) in [5.74, 6) is -1.05. The molecule has 0 saturated carbocycles. The zero-order valence-electron chi connectivity index (χ0n) is 12.3. The van der Waals surface area contributed by atoms with Crippen LogP contribution in [0.1, 0.15) is 13.8 Å². The Bertz CT molecular complexity index is 595. The summed E-state index contributed by atoms with van der Waals surface area (Å²) in [5, 5.41) is 0. The van der Waals surface area contributed by atoms with E-state index in [0.29, 0.717) is 13.1 Å². The SMILES string of the molecule is CCN(CC)C(=O)CN(C)S(=O)(=O)c1cc(N)cc(F)c1. The van der Waals surface area contributed by atoms with Crippen molar-refractivity contribution < 1.29 is 17.6 Å². The summed E-state index contributed by atoms with van der Waals surface area (Å²) in [6, 6.07) is 3.07. The standard InChI is InChI=1S/C13H20FN3O3S/c1-4-17(5-2)13(18)9-16(3)21(19,20)12-7-10(14)6-11(15)8-12/h6-8H,4-5,9,15H2,1-3H3. The van der Waals surface area contributed by atoms with E-state index in [1.165, 1.54) is 11.9 Å². The maximum Gasteiger partial charge on any atom is 0.243 e. The first-order valence-corrected chi connectivity index (χ1v) is 7.96. The number of sulfonamides is 1. The molecule has 0 fully saturated rings. The van der Waals surface area contributed by atoms with Crippen molar-refractivity contribution in [3.05, 3.63) is 24.0 Å². The lowest BCUT2D eigenvalue weighted by molar-refractivity contribution is -0.130. The number of likely N-dealkylation sites (N-methyl/N-ethyl adjacent to an activating group) is 2. The molecule has 21 heavy (non-hydrogen) atoms. The summed E-state index contributed by atoms with van der Waals surface area (Å²) in [5.41, 5.74) is 5.46. The molecule has 0 aliphatic carbocycles. The van der Waals surface area contributed by atoms with Gasteiger partial charge in [-0.05, 0) is 32.0 Å². The van der Waals surface area contributed by atoms with Gasteiger partial charge in [-0.15, -0.1) is 0 Å². The second-order valence-corrected chi connectivity index (χ2v) is 6.59. The van der Waals surface area contributed by atoms with Gasteiger partial charge in [0.15, 0.2) is 0 Å². The highest BCUT2D eigenvalue weighted by Crippen LogP contribution is 2.19. The van der Waals surface area contributed by atoms with Gasteiger partial charge in [0, 0.05) is 25.8 Å². The fraction of sp³-hybridized carbons (Fsp3) is 0.462. The highest BCUT2D eigenvalue weighted by Gasteiger charge is 2.25. The van der Waals surface area contributed by atoms with Gasteiger partial charge in [0.2, 0.25) is 15.9 Å². The smallest absolute Gasteiger partial charge is 0.243 e. The molecule has 0 aliphatic heterocycles. The van der Waals surface area contributed by atoms with Crippen molar-refractivity contribution in [2.75, 3.05) is 32.4 Å². The van der Waals surface area contributed by atoms with Crippen LogP contribution < -0.4 is 5.73 Å². The topological polar surface area (TPSA) is 83.7 Å². The molecule has 0 bridgehead atoms. The van der Waals surface area contributed by atoms with Crippen LogP contribution in [0.15, 0.2) is 23.1 Å². The molecule has 0 unspecified atom stereocenters. The molecule has 0 heterocycles. The minimum absolute atomic E-state index is 0.0112. The number of nitrogens with two attached hydrogens (primary N) is 1. The monoisotopic (exact) mass is 317 g/mol. The lowest BCUT2D eigenvalue weighted by atomic mass is 10.3. The summed E-state index contributed by atoms with van der Waals surface area (Å²) in [6.07, 6.45) is 0. The third kappa shape index (κ3) is 4.15. The molecule has 0 aliphatic rings. The van der Waals surface area contributed by atoms with E-state index in [1.807, 2.05) is 13.8 Å². The second-order valence-electron chi connectivity index (χ2n) is 4.55. The van der Waals surface area contributed by atoms with Crippen LogP contribution in [0.4, 0.5) is 10.1 Å². The Kier molecular flexibility index (Phi) is 5.68. The van der Waals surface area contributed by atoms with E-state index in [1.54, 1.807) is 0 Å². The lowest BCUT2D eigenvalue weighted by Crippen LogP contribution is -2.41. The van der Waals surface area contributed by atoms with Crippen LogP contribution in [-0.4, -0.2) is 50.2 Å². The van der Waals surface area contributed by atoms with Gasteiger partial charge in [0.1, 0.15) is 5.82 Å². The third-order valence-corrected chi connectivity index (χ3v) is 4.86. The molecule has 2 N–H and O–H groups in total. The molecule has 6 nitrogen and oxygen atoms in total. The number of nitrogen functional groups attached to an aromatic ring is 1. The van der Waals surface area contributed by atoms with Gasteiger partial charge < -0.3 is 10.6 Å². The number of carbonyl (C=O) groups is 1. The number of halogens is 1. The first-order chi connectivity index (χ1) is 9.72. The van der Waals surface area contributed by atoms with Gasteiger partial charge in [0.05, 0.1) is 11.4 Å². The van der Waals surface area contributed by atoms with E-state index in [-0.39, 0.29) is 23.0 Å². The zero-order valence-corrected chi connectivity index (χ0v) is 13.2. The summed E-state index contributed by atoms with van der Waals surface area (Å²) in [4.78, 5) is 13.2. The Morgan fingerprint density at radius 1 is 1.24 bits per heavy atom. The fourth-order valence-electron chi connectivity index (χ4n) is 1.87. The van der Waals surface area contributed by atoms with Crippen molar-refractivity contribution >= 4 is 21.6 Å². The molecular weight excluding hydrogens is 297 g/mol. The van der Waals surface area contributed by atoms with Gasteiger partial charge in [-0.2, -0.15) is 4.31 Å². The summed E-state index contributed by atoms with van der Waals surface area (Å²) in [6.45, 7) is 4.30. The van der Waals surface area contributed by atoms with Crippen LogP contribution in [0.25, 0.3) is 0 Å². The maximum atomic E-state index is 13.3. The Morgan fingerprint density at radius 3 is 2.29 bits per heavy atom. The number of hydrogen-bond acceptors (Lipinski definition) is 4. The van der Waals surface area contributed by atoms with Crippen LogP contribution in [0.2, 0.25) is 0 Å². The molecule has 0 spiro atoms. The zero-order chi connectivity index (χ0) is 16.2. The molecular formula is C13H20FN3O3S. The van der Waals surface area contributed by atoms with Crippen molar-refractivity contribution in [1.29, 1.82) is 0 Å². The number of nitrogens with zero attached hydrogens (tertiary/aromatic N) is 2. The molecule has 1 aromatic rings. The largest absolute Gasteiger partial charge is 0.399 e. The van der Waals surface area contributed by atoms with Crippen molar-refractivity contribution in [2.24, 2.45) is 0 Å². The number of carbonyl (C=O) groups excluding carboxylic acids is 1. The Balaban J connectivity index is 2.99. The van der Waals surface area contributed by atoms with Crippen molar-refractivity contribution in [3.63, 3.8) is 0 Å². The predicted molar refractivity (Wildman–Crippen MR) is 78.6 cm³/mol. The van der Waals surface area contributed by atoms with Gasteiger partial charge in [-0.3, -0.25) is 4.79 Å². The summed E-state index contributed by atoms with van der Waals surface area (Å²) >= 11 is 0. The first kappa shape index (κ1) is 17.4. The van der Waals surface area contributed by atoms with E-state index < -0.39 is 15.8 Å². The van der Waals surface area contributed by atoms with E-state index >= 15 is 0 Å². The van der Waals surface area contributed by atoms with Gasteiger partial charge >= 0.3 is 0 Å². The normalized spacial score (nSPS) is 11.7. The number of rotatable bonds is 6. The molecule has 1 amide bonds. The number of benzene rings is 1. The summed E-state index contributed by atoms with van der Waals surface area (Å²) in [7, 11) is -2.69. The molecule has 8 heteroatoms. The van der Waals surface area contributed by atoms with E-state index in [9.17, 15) is 17.6 Å². The minimum atomic E-state index is -3.96. The van der Waals surface area contributed by atoms with Gasteiger partial charge in [-0.1, -0.05) is 0 Å². The highest BCUT2D eigenvalue weighted by atomic mass is 32.2. The number of amides is 1. The molecule has 118 valence electrons. The van der Waals surface area contributed by atoms with Crippen molar-refractivity contribution in [3.8, 4) is 0 Å². The van der Waals surface area contributed by atoms with Crippen LogP contribution in [0.5, 0.6) is 0 Å². The molecule has 0 saturated heterocycles. The average molecular weight is 317 g/mol. The Labute approximate surface area is 124 Å². The van der Waals surface area contributed by atoms with Crippen LogP contribution >= 0.6 is 0 Å². The number of hydrogen-bond donors (Lipinski definition) is 1. The number of anilines is 1. The Hall–Kier alpha value is -1.67. The highest BCUT2D eigenvalue weighted by molar-refractivity contribution is 7.89. The molecule has 0 aromatic heterocycles. The molecule has 1 rings (SSSR count). The van der Waals surface area contributed by atoms with Crippen LogP contribution in [0, 0.1) is 5.82 Å². The average Bonchev–Trinajstić information content (AvgIpc) is 2.38. The van der Waals surface area contributed by atoms with Gasteiger partial charge in [-0.25, -0.2) is 12.8 Å². The predicted octanol–water partition coefficient (Wildman–Crippen LogP) is 0.897. The third-order valence-electron chi connectivity index (χ3n) is 3.08. The summed E-state index contributed by atoms with van der Waals surface area (Å²) < 4.78 is 38.8. The van der Waals surface area contributed by atoms with Crippen LogP contribution in [-0.2, 0) is 14.8 Å². The quantitative estimate of drug-likeness (QED) is 0.790. The maximum absolute atomic E-state index is 13.3. The van der Waals surface area contributed by atoms with Crippen molar-refractivity contribution in [1.82, 2.24) is 9.21 Å². The van der Waals surface area contributed by atoms with Crippen LogP contribution in [0.3, 0.4) is 0 Å². The molecule has 0 atom stereocenters. The van der Waals surface area contributed by atoms with E-state index in [0.717, 1.165) is 22.5 Å².